The number of ether oxygens (including phenoxy) is 1. The number of nitrogens with two attached hydrogens (primary N) is 2. The van der Waals surface area contributed by atoms with Crippen LogP contribution in [0.4, 0.5) is 17.6 Å². The van der Waals surface area contributed by atoms with Crippen LogP contribution in [0.1, 0.15) is 19.2 Å². The molecule has 0 aliphatic rings. The van der Waals surface area contributed by atoms with E-state index in [1.165, 1.54) is 0 Å². The van der Waals surface area contributed by atoms with E-state index in [1.54, 1.807) is 25.3 Å². The summed E-state index contributed by atoms with van der Waals surface area (Å²) in [5, 5.41) is 11.5. The van der Waals surface area contributed by atoms with Crippen LogP contribution >= 0.6 is 0 Å². The van der Waals surface area contributed by atoms with Gasteiger partial charge < -0.3 is 21.3 Å². The summed E-state index contributed by atoms with van der Waals surface area (Å²) in [6, 6.07) is 8.72. The molecule has 0 aliphatic carbocycles. The van der Waals surface area contributed by atoms with Crippen LogP contribution in [0.3, 0.4) is 0 Å². The Labute approximate surface area is 144 Å². The molecule has 2 aromatic carbocycles. The van der Waals surface area contributed by atoms with Crippen molar-refractivity contribution in [2.45, 2.75) is 13.3 Å². The highest BCUT2D eigenvalue weighted by Crippen LogP contribution is 2.39. The molecule has 3 aromatic rings. The summed E-state index contributed by atoms with van der Waals surface area (Å²) < 4.78 is 5.42. The number of benzene rings is 2. The first-order valence-electron chi connectivity index (χ1n) is 7.67. The Morgan fingerprint density at radius 3 is 2.48 bits per heavy atom. The molecule has 8 nitrogen and oxygen atoms in total. The van der Waals surface area contributed by atoms with Gasteiger partial charge in [0.15, 0.2) is 5.82 Å². The zero-order valence-electron chi connectivity index (χ0n) is 13.9. The lowest BCUT2D eigenvalue weighted by molar-refractivity contribution is 0.419. The van der Waals surface area contributed by atoms with E-state index in [0.717, 1.165) is 0 Å². The third kappa shape index (κ3) is 3.14. The van der Waals surface area contributed by atoms with Gasteiger partial charge in [-0.15, -0.1) is 0 Å². The summed E-state index contributed by atoms with van der Waals surface area (Å²) >= 11 is 0. The molecule has 128 valence electrons. The number of hydrogen-bond donors (Lipinski definition) is 3. The molecule has 0 spiro atoms. The topological polar surface area (TPSA) is 133 Å². The molecule has 0 saturated heterocycles. The van der Waals surface area contributed by atoms with Gasteiger partial charge in [0.2, 0.25) is 11.9 Å². The molecule has 0 saturated carbocycles. The number of fused-ring (bicyclic) bond motifs is 1. The van der Waals surface area contributed by atoms with Crippen LogP contribution in [0.2, 0.25) is 0 Å². The SMILES string of the molecule is CCC(=Nc1ccc(O)c2cccc(OC)c12)c1nc(N)nc(N)n1. The van der Waals surface area contributed by atoms with Gasteiger partial charge in [-0.1, -0.05) is 19.1 Å². The first kappa shape index (κ1) is 16.4. The number of phenolic OH excluding ortho intramolecular Hbond substituents is 1. The Morgan fingerprint density at radius 1 is 1.12 bits per heavy atom. The van der Waals surface area contributed by atoms with Gasteiger partial charge in [0.05, 0.1) is 23.9 Å². The third-order valence-corrected chi connectivity index (χ3v) is 3.70. The molecule has 0 unspecified atom stereocenters. The predicted molar refractivity (Wildman–Crippen MR) is 97.3 cm³/mol. The Kier molecular flexibility index (Phi) is 4.34. The first-order chi connectivity index (χ1) is 12.0. The molecule has 8 heteroatoms. The number of anilines is 2. The lowest BCUT2D eigenvalue weighted by Gasteiger charge is -2.11. The normalized spacial score (nSPS) is 11.7. The monoisotopic (exact) mass is 338 g/mol. The summed E-state index contributed by atoms with van der Waals surface area (Å²) in [5.74, 6) is 1.16. The molecule has 0 radical (unpaired) electrons. The summed E-state index contributed by atoms with van der Waals surface area (Å²) in [4.78, 5) is 16.7. The molecular formula is C17H18N6O2. The van der Waals surface area contributed by atoms with Gasteiger partial charge in [0.1, 0.15) is 11.5 Å². The van der Waals surface area contributed by atoms with Crippen LogP contribution in [-0.4, -0.2) is 32.9 Å². The van der Waals surface area contributed by atoms with Gasteiger partial charge in [0.25, 0.3) is 0 Å². The maximum absolute atomic E-state index is 10.1. The lowest BCUT2D eigenvalue weighted by Crippen LogP contribution is -2.11. The molecule has 0 bridgehead atoms. The van der Waals surface area contributed by atoms with E-state index >= 15 is 0 Å². The van der Waals surface area contributed by atoms with Crippen LogP contribution in [0.15, 0.2) is 35.3 Å². The van der Waals surface area contributed by atoms with Crippen LogP contribution < -0.4 is 16.2 Å². The average molecular weight is 338 g/mol. The zero-order chi connectivity index (χ0) is 18.0. The second-order valence-corrected chi connectivity index (χ2v) is 5.27. The molecule has 0 atom stereocenters. The summed E-state index contributed by atoms with van der Waals surface area (Å²) in [6.45, 7) is 1.93. The lowest BCUT2D eigenvalue weighted by atomic mass is 10.1. The number of aromatic hydroxyl groups is 1. The molecule has 1 aromatic heterocycles. The van der Waals surface area contributed by atoms with Crippen molar-refractivity contribution in [1.29, 1.82) is 0 Å². The van der Waals surface area contributed by atoms with Gasteiger partial charge in [0, 0.05) is 5.39 Å². The Morgan fingerprint density at radius 2 is 1.84 bits per heavy atom. The minimum absolute atomic E-state index is 0.0387. The summed E-state index contributed by atoms with van der Waals surface area (Å²) in [6.07, 6.45) is 0.556. The van der Waals surface area contributed by atoms with Crippen molar-refractivity contribution < 1.29 is 9.84 Å². The second-order valence-electron chi connectivity index (χ2n) is 5.27. The standard InChI is InChI=1S/C17H18N6O2/c1-3-10(15-21-16(18)23-17(19)22-15)20-11-7-8-12(24)9-5-4-6-13(25-2)14(9)11/h4-8,24H,3H2,1-2H3,(H4,18,19,21,22,23). The van der Waals surface area contributed by atoms with Crippen molar-refractivity contribution in [3.8, 4) is 11.5 Å². The number of rotatable bonds is 4. The van der Waals surface area contributed by atoms with Gasteiger partial charge in [-0.3, -0.25) is 0 Å². The number of nitrogens with zero attached hydrogens (tertiary/aromatic N) is 4. The molecule has 1 heterocycles. The van der Waals surface area contributed by atoms with Crippen LogP contribution in [-0.2, 0) is 0 Å². The second kappa shape index (κ2) is 6.60. The van der Waals surface area contributed by atoms with Crippen molar-refractivity contribution in [2.75, 3.05) is 18.6 Å². The van der Waals surface area contributed by atoms with Gasteiger partial charge in [-0.2, -0.15) is 15.0 Å². The Balaban J connectivity index is 2.24. The molecule has 5 N–H and O–H groups in total. The van der Waals surface area contributed by atoms with Gasteiger partial charge >= 0.3 is 0 Å². The minimum Gasteiger partial charge on any atom is -0.507 e. The number of nitrogen functional groups attached to an aromatic ring is 2. The van der Waals surface area contributed by atoms with Crippen molar-refractivity contribution >= 4 is 34.1 Å². The highest BCUT2D eigenvalue weighted by Gasteiger charge is 2.13. The van der Waals surface area contributed by atoms with E-state index in [2.05, 4.69) is 19.9 Å². The first-order valence-corrected chi connectivity index (χ1v) is 7.67. The van der Waals surface area contributed by atoms with E-state index in [4.69, 9.17) is 16.2 Å². The predicted octanol–water partition coefficient (Wildman–Crippen LogP) is 2.43. The molecule has 0 amide bonds. The zero-order valence-corrected chi connectivity index (χ0v) is 13.9. The summed E-state index contributed by atoms with van der Waals surface area (Å²) in [5.41, 5.74) is 12.5. The number of methoxy groups -OCH3 is 1. The van der Waals surface area contributed by atoms with Crippen LogP contribution in [0, 0.1) is 0 Å². The quantitative estimate of drug-likeness (QED) is 0.622. The Hall–Kier alpha value is -3.42. The van der Waals surface area contributed by atoms with Crippen LogP contribution in [0.25, 0.3) is 10.8 Å². The molecule has 0 aliphatic heterocycles. The number of aliphatic imine (C=N–C) groups is 1. The van der Waals surface area contributed by atoms with E-state index < -0.39 is 0 Å². The van der Waals surface area contributed by atoms with Crippen molar-refractivity contribution in [3.05, 3.63) is 36.2 Å². The largest absolute Gasteiger partial charge is 0.507 e. The van der Waals surface area contributed by atoms with Gasteiger partial charge in [-0.25, -0.2) is 4.99 Å². The fourth-order valence-electron chi connectivity index (χ4n) is 2.57. The molecule has 0 fully saturated rings. The van der Waals surface area contributed by atoms with E-state index in [0.29, 0.717) is 40.2 Å². The molecular weight excluding hydrogens is 320 g/mol. The number of phenols is 1. The smallest absolute Gasteiger partial charge is 0.225 e. The Bertz CT molecular complexity index is 951. The molecule has 3 rings (SSSR count). The van der Waals surface area contributed by atoms with Gasteiger partial charge in [-0.05, 0) is 24.6 Å². The van der Waals surface area contributed by atoms with Crippen LogP contribution in [0.5, 0.6) is 11.5 Å². The van der Waals surface area contributed by atoms with E-state index in [1.807, 2.05) is 19.1 Å². The van der Waals surface area contributed by atoms with Crippen molar-refractivity contribution in [1.82, 2.24) is 15.0 Å². The molecule has 25 heavy (non-hydrogen) atoms. The maximum atomic E-state index is 10.1. The van der Waals surface area contributed by atoms with Crippen molar-refractivity contribution in [2.24, 2.45) is 4.99 Å². The summed E-state index contributed by atoms with van der Waals surface area (Å²) in [7, 11) is 1.57. The highest BCUT2D eigenvalue weighted by molar-refractivity contribution is 6.05. The number of aromatic nitrogens is 3. The fraction of sp³-hybridized carbons (Fsp3) is 0.176. The van der Waals surface area contributed by atoms with Crippen molar-refractivity contribution in [3.63, 3.8) is 0 Å². The average Bonchev–Trinajstić information content (AvgIpc) is 2.60. The fourth-order valence-corrected chi connectivity index (χ4v) is 2.57. The number of hydrogen-bond acceptors (Lipinski definition) is 8. The minimum atomic E-state index is 0.0387. The van der Waals surface area contributed by atoms with E-state index in [9.17, 15) is 5.11 Å². The third-order valence-electron chi connectivity index (χ3n) is 3.70. The van der Waals surface area contributed by atoms with E-state index in [-0.39, 0.29) is 17.6 Å². The maximum Gasteiger partial charge on any atom is 0.225 e. The highest BCUT2D eigenvalue weighted by atomic mass is 16.5.